The zero-order chi connectivity index (χ0) is 20.8. The average Bonchev–Trinajstić information content (AvgIpc) is 3.14. The summed E-state index contributed by atoms with van der Waals surface area (Å²) in [6, 6.07) is 13.8. The van der Waals surface area contributed by atoms with Crippen LogP contribution in [-0.2, 0) is 9.59 Å². The SMILES string of the molecule is Cc1ccc(NC(=O)CSCC(=O)Nc2nc(-c3ccc(C)c(C)c3)cs2)cc1. The molecular weight excluding hydrogens is 402 g/mol. The van der Waals surface area contributed by atoms with Crippen molar-refractivity contribution >= 4 is 45.7 Å². The number of rotatable bonds is 7. The van der Waals surface area contributed by atoms with Crippen LogP contribution in [0.5, 0.6) is 0 Å². The zero-order valence-electron chi connectivity index (χ0n) is 16.6. The third kappa shape index (κ3) is 6.17. The second-order valence-electron chi connectivity index (χ2n) is 6.79. The lowest BCUT2D eigenvalue weighted by Gasteiger charge is -2.05. The van der Waals surface area contributed by atoms with E-state index in [4.69, 9.17) is 0 Å². The Hall–Kier alpha value is -2.64. The minimum Gasteiger partial charge on any atom is -0.325 e. The standard InChI is InChI=1S/C22H23N3O2S2/c1-14-4-8-18(9-5-14)23-20(26)12-28-13-21(27)25-22-24-19(11-29-22)17-7-6-15(2)16(3)10-17/h4-11H,12-13H2,1-3H3,(H,23,26)(H,24,25,27). The topological polar surface area (TPSA) is 71.1 Å². The second-order valence-corrected chi connectivity index (χ2v) is 8.64. The number of thiazole rings is 1. The highest BCUT2D eigenvalue weighted by Gasteiger charge is 2.10. The van der Waals surface area contributed by atoms with Gasteiger partial charge in [-0.05, 0) is 50.1 Å². The number of hydrogen-bond acceptors (Lipinski definition) is 5. The van der Waals surface area contributed by atoms with Crippen LogP contribution in [0, 0.1) is 20.8 Å². The quantitative estimate of drug-likeness (QED) is 0.556. The van der Waals surface area contributed by atoms with E-state index in [0.29, 0.717) is 5.13 Å². The molecule has 7 heteroatoms. The number of nitrogens with one attached hydrogen (secondary N) is 2. The van der Waals surface area contributed by atoms with Gasteiger partial charge < -0.3 is 10.6 Å². The van der Waals surface area contributed by atoms with Crippen molar-refractivity contribution in [2.24, 2.45) is 0 Å². The monoisotopic (exact) mass is 425 g/mol. The predicted molar refractivity (Wildman–Crippen MR) is 123 cm³/mol. The van der Waals surface area contributed by atoms with Crippen molar-refractivity contribution in [1.29, 1.82) is 0 Å². The van der Waals surface area contributed by atoms with Crippen molar-refractivity contribution in [3.63, 3.8) is 0 Å². The summed E-state index contributed by atoms with van der Waals surface area (Å²) in [5.74, 6) is 0.115. The molecule has 2 N–H and O–H groups in total. The summed E-state index contributed by atoms with van der Waals surface area (Å²) in [6.45, 7) is 6.14. The van der Waals surface area contributed by atoms with Gasteiger partial charge >= 0.3 is 0 Å². The van der Waals surface area contributed by atoms with Gasteiger partial charge in [-0.25, -0.2) is 4.98 Å². The maximum absolute atomic E-state index is 12.1. The largest absolute Gasteiger partial charge is 0.325 e. The Balaban J connectivity index is 1.45. The van der Waals surface area contributed by atoms with Gasteiger partial charge in [0.05, 0.1) is 17.2 Å². The maximum Gasteiger partial charge on any atom is 0.236 e. The van der Waals surface area contributed by atoms with E-state index in [-0.39, 0.29) is 23.3 Å². The number of benzene rings is 2. The Labute approximate surface area is 179 Å². The lowest BCUT2D eigenvalue weighted by atomic mass is 10.1. The summed E-state index contributed by atoms with van der Waals surface area (Å²) in [6.07, 6.45) is 0. The summed E-state index contributed by atoms with van der Waals surface area (Å²) >= 11 is 2.66. The molecule has 3 aromatic rings. The molecule has 0 aliphatic heterocycles. The minimum atomic E-state index is -0.167. The lowest BCUT2D eigenvalue weighted by Crippen LogP contribution is -2.18. The molecule has 0 atom stereocenters. The highest BCUT2D eigenvalue weighted by Crippen LogP contribution is 2.26. The van der Waals surface area contributed by atoms with Crippen molar-refractivity contribution < 1.29 is 9.59 Å². The number of carbonyl (C=O) groups is 2. The summed E-state index contributed by atoms with van der Waals surface area (Å²) < 4.78 is 0. The summed E-state index contributed by atoms with van der Waals surface area (Å²) in [5.41, 5.74) is 6.22. The summed E-state index contributed by atoms with van der Waals surface area (Å²) in [5, 5.41) is 8.12. The van der Waals surface area contributed by atoms with Crippen LogP contribution in [0.15, 0.2) is 47.8 Å². The van der Waals surface area contributed by atoms with Crippen LogP contribution in [0.3, 0.4) is 0 Å². The fourth-order valence-electron chi connectivity index (χ4n) is 2.59. The van der Waals surface area contributed by atoms with Gasteiger partial charge in [0.15, 0.2) is 5.13 Å². The Morgan fingerprint density at radius 3 is 2.31 bits per heavy atom. The first kappa shape index (κ1) is 21.1. The first-order valence-electron chi connectivity index (χ1n) is 9.18. The molecule has 150 valence electrons. The molecule has 5 nitrogen and oxygen atoms in total. The van der Waals surface area contributed by atoms with E-state index in [1.165, 1.54) is 34.2 Å². The van der Waals surface area contributed by atoms with Gasteiger partial charge in [-0.3, -0.25) is 9.59 Å². The number of hydrogen-bond donors (Lipinski definition) is 2. The molecule has 2 amide bonds. The Morgan fingerprint density at radius 2 is 1.62 bits per heavy atom. The van der Waals surface area contributed by atoms with E-state index in [1.54, 1.807) is 0 Å². The van der Waals surface area contributed by atoms with Crippen molar-refractivity contribution in [1.82, 2.24) is 4.98 Å². The first-order valence-corrected chi connectivity index (χ1v) is 11.2. The van der Waals surface area contributed by atoms with Crippen LogP contribution in [0.25, 0.3) is 11.3 Å². The molecule has 0 aliphatic carbocycles. The third-order valence-corrected chi connectivity index (χ3v) is 6.05. The molecule has 0 radical (unpaired) electrons. The highest BCUT2D eigenvalue weighted by molar-refractivity contribution is 8.00. The molecule has 0 bridgehead atoms. The van der Waals surface area contributed by atoms with E-state index in [1.807, 2.05) is 42.6 Å². The molecule has 29 heavy (non-hydrogen) atoms. The van der Waals surface area contributed by atoms with Gasteiger partial charge in [0.2, 0.25) is 11.8 Å². The number of nitrogens with zero attached hydrogens (tertiary/aromatic N) is 1. The highest BCUT2D eigenvalue weighted by atomic mass is 32.2. The second kappa shape index (κ2) is 9.71. The smallest absolute Gasteiger partial charge is 0.236 e. The molecule has 1 aromatic heterocycles. The van der Waals surface area contributed by atoms with E-state index >= 15 is 0 Å². The van der Waals surface area contributed by atoms with Gasteiger partial charge in [-0.1, -0.05) is 29.8 Å². The summed E-state index contributed by atoms with van der Waals surface area (Å²) in [7, 11) is 0. The fraction of sp³-hybridized carbons (Fsp3) is 0.227. The fourth-order valence-corrected chi connectivity index (χ4v) is 3.94. The van der Waals surface area contributed by atoms with Crippen LogP contribution >= 0.6 is 23.1 Å². The van der Waals surface area contributed by atoms with Gasteiger partial charge in [0.25, 0.3) is 0 Å². The number of amides is 2. The first-order chi connectivity index (χ1) is 13.9. The van der Waals surface area contributed by atoms with Crippen molar-refractivity contribution in [3.8, 4) is 11.3 Å². The van der Waals surface area contributed by atoms with E-state index in [2.05, 4.69) is 41.6 Å². The van der Waals surface area contributed by atoms with Crippen LogP contribution in [0.1, 0.15) is 16.7 Å². The number of carbonyl (C=O) groups excluding carboxylic acids is 2. The third-order valence-electron chi connectivity index (χ3n) is 4.35. The van der Waals surface area contributed by atoms with E-state index in [0.717, 1.165) is 22.5 Å². The van der Waals surface area contributed by atoms with Crippen LogP contribution in [0.2, 0.25) is 0 Å². The van der Waals surface area contributed by atoms with Gasteiger partial charge in [-0.2, -0.15) is 0 Å². The number of anilines is 2. The molecule has 0 fully saturated rings. The molecule has 1 heterocycles. The molecule has 0 aliphatic rings. The van der Waals surface area contributed by atoms with Gasteiger partial charge in [0, 0.05) is 16.6 Å². The normalized spacial score (nSPS) is 10.6. The molecule has 0 saturated carbocycles. The molecule has 3 rings (SSSR count). The number of aromatic nitrogens is 1. The zero-order valence-corrected chi connectivity index (χ0v) is 18.2. The molecule has 0 saturated heterocycles. The Morgan fingerprint density at radius 1 is 0.931 bits per heavy atom. The Bertz CT molecular complexity index is 1010. The van der Waals surface area contributed by atoms with Crippen LogP contribution in [-0.4, -0.2) is 28.3 Å². The van der Waals surface area contributed by atoms with Crippen molar-refractivity contribution in [2.75, 3.05) is 22.1 Å². The van der Waals surface area contributed by atoms with E-state index < -0.39 is 0 Å². The lowest BCUT2D eigenvalue weighted by molar-refractivity contribution is -0.114. The Kier molecular flexibility index (Phi) is 7.06. The molecule has 2 aromatic carbocycles. The van der Waals surface area contributed by atoms with Gasteiger partial charge in [0.1, 0.15) is 0 Å². The summed E-state index contributed by atoms with van der Waals surface area (Å²) in [4.78, 5) is 28.6. The van der Waals surface area contributed by atoms with Gasteiger partial charge in [-0.15, -0.1) is 23.1 Å². The van der Waals surface area contributed by atoms with E-state index in [9.17, 15) is 9.59 Å². The molecule has 0 spiro atoms. The van der Waals surface area contributed by atoms with Crippen LogP contribution < -0.4 is 10.6 Å². The number of thioether (sulfide) groups is 1. The number of aryl methyl sites for hydroxylation is 3. The van der Waals surface area contributed by atoms with Crippen molar-refractivity contribution in [2.45, 2.75) is 20.8 Å². The maximum atomic E-state index is 12.1. The molecule has 0 unspecified atom stereocenters. The van der Waals surface area contributed by atoms with Crippen molar-refractivity contribution in [3.05, 3.63) is 64.5 Å². The predicted octanol–water partition coefficient (Wildman–Crippen LogP) is 5.05. The van der Waals surface area contributed by atoms with Crippen LogP contribution in [0.4, 0.5) is 10.8 Å². The minimum absolute atomic E-state index is 0.127. The molecular formula is C22H23N3O2S2. The average molecular weight is 426 g/mol.